The molecule has 0 aliphatic heterocycles. The van der Waals surface area contributed by atoms with Crippen LogP contribution >= 0.6 is 0 Å². The number of carbonyl (C=O) groups is 1. The maximum absolute atomic E-state index is 10.2. The molecule has 0 fully saturated rings. The molecule has 1 unspecified atom stereocenters. The van der Waals surface area contributed by atoms with Crippen LogP contribution in [0.3, 0.4) is 0 Å². The highest BCUT2D eigenvalue weighted by molar-refractivity contribution is 5.71. The van der Waals surface area contributed by atoms with Gasteiger partial charge in [-0.1, -0.05) is 0 Å². The van der Waals surface area contributed by atoms with E-state index in [1.54, 1.807) is 0 Å². The summed E-state index contributed by atoms with van der Waals surface area (Å²) in [5.74, 6) is -1.26. The SMILES string of the molecule is [NH3+]C(CO)CO/C=C/[C@H]([NH3+])C(=O)[O-]. The third-order valence-electron chi connectivity index (χ3n) is 1.30. The van der Waals surface area contributed by atoms with Gasteiger partial charge in [0.25, 0.3) is 0 Å². The number of aliphatic hydroxyl groups excluding tert-OH is 1. The molecule has 0 saturated heterocycles. The highest BCUT2D eigenvalue weighted by Crippen LogP contribution is 1.83. The number of carboxylic acids is 1. The molecule has 7 N–H and O–H groups in total. The number of rotatable bonds is 6. The summed E-state index contributed by atoms with van der Waals surface area (Å²) in [4.78, 5) is 10.2. The number of aliphatic carboxylic acids is 1. The van der Waals surface area contributed by atoms with Crippen molar-refractivity contribution in [2.24, 2.45) is 0 Å². The van der Waals surface area contributed by atoms with Crippen molar-refractivity contribution in [3.8, 4) is 0 Å². The molecular weight excluding hydrogens is 176 g/mol. The van der Waals surface area contributed by atoms with Crippen LogP contribution in [0.2, 0.25) is 0 Å². The van der Waals surface area contributed by atoms with Crippen molar-refractivity contribution >= 4 is 5.97 Å². The van der Waals surface area contributed by atoms with Crippen molar-refractivity contribution in [1.82, 2.24) is 0 Å². The van der Waals surface area contributed by atoms with E-state index in [4.69, 9.17) is 9.84 Å². The molecule has 0 aromatic rings. The van der Waals surface area contributed by atoms with E-state index in [1.807, 2.05) is 0 Å². The maximum atomic E-state index is 10.2. The lowest BCUT2D eigenvalue weighted by Crippen LogP contribution is -2.67. The molecule has 6 nitrogen and oxygen atoms in total. The Morgan fingerprint density at radius 2 is 2.23 bits per heavy atom. The van der Waals surface area contributed by atoms with E-state index >= 15 is 0 Å². The van der Waals surface area contributed by atoms with Crippen LogP contribution in [0, 0.1) is 0 Å². The number of carbonyl (C=O) groups excluding carboxylic acids is 1. The van der Waals surface area contributed by atoms with Gasteiger partial charge in [0, 0.05) is 6.08 Å². The molecule has 6 heteroatoms. The van der Waals surface area contributed by atoms with Gasteiger partial charge in [-0.25, -0.2) is 0 Å². The van der Waals surface area contributed by atoms with Gasteiger partial charge in [-0.05, 0) is 0 Å². The molecule has 0 heterocycles. The summed E-state index contributed by atoms with van der Waals surface area (Å²) in [6.07, 6.45) is 2.49. The molecule has 0 spiro atoms. The van der Waals surface area contributed by atoms with Gasteiger partial charge >= 0.3 is 0 Å². The predicted molar refractivity (Wildman–Crippen MR) is 40.5 cm³/mol. The van der Waals surface area contributed by atoms with Crippen LogP contribution in [0.15, 0.2) is 12.3 Å². The van der Waals surface area contributed by atoms with E-state index in [9.17, 15) is 9.90 Å². The molecule has 13 heavy (non-hydrogen) atoms. The summed E-state index contributed by atoms with van der Waals surface area (Å²) in [6.45, 7) is 0.175. The Morgan fingerprint density at radius 1 is 1.62 bits per heavy atom. The topological polar surface area (TPSA) is 125 Å². The molecule has 0 aromatic carbocycles. The second kappa shape index (κ2) is 6.41. The fourth-order valence-corrected chi connectivity index (χ4v) is 0.473. The molecule has 76 valence electrons. The minimum atomic E-state index is -1.26. The van der Waals surface area contributed by atoms with Gasteiger partial charge < -0.3 is 31.2 Å². The van der Waals surface area contributed by atoms with Gasteiger partial charge in [-0.15, -0.1) is 0 Å². The van der Waals surface area contributed by atoms with Crippen molar-refractivity contribution < 1.29 is 31.2 Å². The van der Waals surface area contributed by atoms with Gasteiger partial charge in [-0.2, -0.15) is 0 Å². The Labute approximate surface area is 75.8 Å². The summed E-state index contributed by atoms with van der Waals surface area (Å²) < 4.78 is 4.87. The summed E-state index contributed by atoms with van der Waals surface area (Å²) in [5.41, 5.74) is 6.84. The van der Waals surface area contributed by atoms with E-state index in [0.29, 0.717) is 0 Å². The van der Waals surface area contributed by atoms with Crippen LogP contribution in [-0.2, 0) is 9.53 Å². The van der Waals surface area contributed by atoms with Crippen LogP contribution in [0.1, 0.15) is 0 Å². The van der Waals surface area contributed by atoms with Crippen LogP contribution in [0.4, 0.5) is 0 Å². The first-order valence-electron chi connectivity index (χ1n) is 3.84. The van der Waals surface area contributed by atoms with Gasteiger partial charge in [0.15, 0.2) is 0 Å². The van der Waals surface area contributed by atoms with Gasteiger partial charge in [-0.3, -0.25) is 0 Å². The minimum absolute atomic E-state index is 0.0673. The molecule has 0 aromatic heterocycles. The summed E-state index contributed by atoms with van der Waals surface area (Å²) in [7, 11) is 0. The van der Waals surface area contributed by atoms with Crippen molar-refractivity contribution in [2.75, 3.05) is 13.2 Å². The zero-order valence-electron chi connectivity index (χ0n) is 7.31. The quantitative estimate of drug-likeness (QED) is 0.366. The monoisotopic (exact) mass is 191 g/mol. The lowest BCUT2D eigenvalue weighted by molar-refractivity contribution is -0.431. The number of ether oxygens (including phenoxy) is 1. The number of hydrogen-bond acceptors (Lipinski definition) is 4. The molecule has 2 atom stereocenters. The first-order valence-corrected chi connectivity index (χ1v) is 3.84. The van der Waals surface area contributed by atoms with Gasteiger partial charge in [0.05, 0.1) is 12.9 Å². The third-order valence-corrected chi connectivity index (χ3v) is 1.30. The number of hydrogen-bond donors (Lipinski definition) is 3. The van der Waals surface area contributed by atoms with Crippen molar-refractivity contribution in [3.05, 3.63) is 12.3 Å². The first kappa shape index (κ1) is 11.9. The number of carboxylic acid groups (broad SMARTS) is 1. The first-order chi connectivity index (χ1) is 6.07. The average molecular weight is 191 g/mol. The van der Waals surface area contributed by atoms with Crippen LogP contribution in [-0.4, -0.2) is 36.4 Å². The smallest absolute Gasteiger partial charge is 0.146 e. The molecule has 0 saturated carbocycles. The van der Waals surface area contributed by atoms with Gasteiger partial charge in [0.1, 0.15) is 24.7 Å². The largest absolute Gasteiger partial charge is 0.544 e. The van der Waals surface area contributed by atoms with Crippen LogP contribution in [0.25, 0.3) is 0 Å². The molecule has 0 aliphatic rings. The second-order valence-electron chi connectivity index (χ2n) is 2.64. The molecule has 0 bridgehead atoms. The predicted octanol–water partition coefficient (Wildman–Crippen LogP) is -4.52. The zero-order valence-corrected chi connectivity index (χ0v) is 7.31. The normalized spacial score (nSPS) is 15.6. The van der Waals surface area contributed by atoms with Crippen LogP contribution in [0.5, 0.6) is 0 Å². The van der Waals surface area contributed by atoms with E-state index in [-0.39, 0.29) is 19.3 Å². The summed E-state index contributed by atoms with van der Waals surface area (Å²) in [5, 5.41) is 18.7. The fraction of sp³-hybridized carbons (Fsp3) is 0.571. The second-order valence-corrected chi connectivity index (χ2v) is 2.64. The Morgan fingerprint density at radius 3 is 2.69 bits per heavy atom. The van der Waals surface area contributed by atoms with Gasteiger partial charge in [0.2, 0.25) is 0 Å². The molecule has 0 rings (SSSR count). The Balaban J connectivity index is 3.57. The lowest BCUT2D eigenvalue weighted by Gasteiger charge is -2.05. The maximum Gasteiger partial charge on any atom is 0.146 e. The molecular formula is C7H15N2O4+. The highest BCUT2D eigenvalue weighted by atomic mass is 16.5. The van der Waals surface area contributed by atoms with E-state index < -0.39 is 12.0 Å². The zero-order chi connectivity index (χ0) is 10.3. The minimum Gasteiger partial charge on any atom is -0.544 e. The lowest BCUT2D eigenvalue weighted by atomic mass is 10.3. The average Bonchev–Trinajstić information content (AvgIpc) is 2.11. The fourth-order valence-electron chi connectivity index (χ4n) is 0.473. The van der Waals surface area contributed by atoms with E-state index in [2.05, 4.69) is 11.5 Å². The Hall–Kier alpha value is -1.11. The van der Waals surface area contributed by atoms with Crippen molar-refractivity contribution in [1.29, 1.82) is 0 Å². The van der Waals surface area contributed by atoms with E-state index in [0.717, 1.165) is 0 Å². The molecule has 0 aliphatic carbocycles. The Kier molecular flexibility index (Phi) is 5.86. The standard InChI is InChI=1S/C7H14N2O4/c8-5(3-10)4-13-2-1-6(9)7(11)12/h1-2,5-6,10H,3-4,8-9H2,(H,11,12)/p+1/b2-1+/t5?,6-/m0/s1. The number of aliphatic hydroxyl groups is 1. The van der Waals surface area contributed by atoms with E-state index in [1.165, 1.54) is 12.3 Å². The number of quaternary nitrogens is 2. The molecule has 0 radical (unpaired) electrons. The van der Waals surface area contributed by atoms with Crippen molar-refractivity contribution in [3.63, 3.8) is 0 Å². The Bertz CT molecular complexity index is 183. The van der Waals surface area contributed by atoms with Crippen molar-refractivity contribution in [2.45, 2.75) is 12.1 Å². The third kappa shape index (κ3) is 6.09. The van der Waals surface area contributed by atoms with Crippen LogP contribution < -0.4 is 16.6 Å². The summed E-state index contributed by atoms with van der Waals surface area (Å²) in [6, 6.07) is -1.13. The summed E-state index contributed by atoms with van der Waals surface area (Å²) >= 11 is 0. The molecule has 0 amide bonds. The highest BCUT2D eigenvalue weighted by Gasteiger charge is 2.03.